The highest BCUT2D eigenvalue weighted by molar-refractivity contribution is 5.74. The van der Waals surface area contributed by atoms with E-state index >= 15 is 0 Å². The molecule has 0 spiro atoms. The zero-order chi connectivity index (χ0) is 13.2. The summed E-state index contributed by atoms with van der Waals surface area (Å²) < 4.78 is 0. The number of piperazine rings is 1. The molecule has 2 aliphatic heterocycles. The van der Waals surface area contributed by atoms with Gasteiger partial charge in [0.15, 0.2) is 6.17 Å². The van der Waals surface area contributed by atoms with Crippen molar-refractivity contribution >= 4 is 11.6 Å². The van der Waals surface area contributed by atoms with Crippen LogP contribution in [0.1, 0.15) is 18.7 Å². The number of hydrogen-bond donors (Lipinski definition) is 1. The molecule has 102 valence electrons. The Morgan fingerprint density at radius 2 is 1.84 bits per heavy atom. The van der Waals surface area contributed by atoms with Gasteiger partial charge in [-0.15, -0.1) is 5.48 Å². The van der Waals surface area contributed by atoms with Crippen LogP contribution in [-0.4, -0.2) is 44.0 Å². The van der Waals surface area contributed by atoms with Gasteiger partial charge in [0.2, 0.25) is 5.90 Å². The van der Waals surface area contributed by atoms with Gasteiger partial charge in [0, 0.05) is 38.8 Å². The van der Waals surface area contributed by atoms with Crippen molar-refractivity contribution in [1.29, 1.82) is 0 Å². The Labute approximate surface area is 113 Å². The number of likely N-dealkylation sites (N-methyl/N-ethyl adjacent to an activating group) is 1. The maximum atomic E-state index is 5.16. The molecule has 1 saturated heterocycles. The summed E-state index contributed by atoms with van der Waals surface area (Å²) in [6, 6.07) is 8.59. The number of nitrogens with zero attached hydrogens (tertiary/aromatic N) is 3. The van der Waals surface area contributed by atoms with E-state index in [0.717, 1.165) is 31.7 Å². The second kappa shape index (κ2) is 5.19. The standard InChI is InChI=1S/C14H20N4O/c1-11-15-14(16-19-11)12-3-5-13(6-4-12)18-9-7-17(2)8-10-18/h3-6,14,16H,7-10H2,1-2H3. The summed E-state index contributed by atoms with van der Waals surface area (Å²) in [6.45, 7) is 6.30. The van der Waals surface area contributed by atoms with E-state index in [1.54, 1.807) is 0 Å². The summed E-state index contributed by atoms with van der Waals surface area (Å²) in [6.07, 6.45) is -0.0680. The summed E-state index contributed by atoms with van der Waals surface area (Å²) in [5.41, 5.74) is 5.33. The zero-order valence-corrected chi connectivity index (χ0v) is 11.5. The van der Waals surface area contributed by atoms with Crippen LogP contribution in [-0.2, 0) is 4.84 Å². The third kappa shape index (κ3) is 2.72. The van der Waals surface area contributed by atoms with Crippen molar-refractivity contribution in [2.75, 3.05) is 38.1 Å². The molecule has 1 N–H and O–H groups in total. The Balaban J connectivity index is 1.69. The number of hydroxylamine groups is 1. The fraction of sp³-hybridized carbons (Fsp3) is 0.500. The molecule has 5 nitrogen and oxygen atoms in total. The molecule has 3 rings (SSSR count). The molecule has 0 radical (unpaired) electrons. The first-order chi connectivity index (χ1) is 9.22. The van der Waals surface area contributed by atoms with Crippen molar-refractivity contribution < 1.29 is 4.84 Å². The average molecular weight is 260 g/mol. The number of rotatable bonds is 2. The van der Waals surface area contributed by atoms with Crippen LogP contribution in [0.3, 0.4) is 0 Å². The normalized spacial score (nSPS) is 24.2. The maximum absolute atomic E-state index is 5.16. The van der Waals surface area contributed by atoms with Gasteiger partial charge in [-0.2, -0.15) is 0 Å². The molecule has 0 bridgehead atoms. The first kappa shape index (κ1) is 12.4. The lowest BCUT2D eigenvalue weighted by Crippen LogP contribution is -2.44. The minimum atomic E-state index is -0.0680. The summed E-state index contributed by atoms with van der Waals surface area (Å²) in [5.74, 6) is 0.688. The first-order valence-corrected chi connectivity index (χ1v) is 6.72. The fourth-order valence-electron chi connectivity index (χ4n) is 2.45. The molecule has 0 aromatic heterocycles. The third-order valence-corrected chi connectivity index (χ3v) is 3.71. The number of nitrogens with one attached hydrogen (secondary N) is 1. The van der Waals surface area contributed by atoms with Gasteiger partial charge in [0.1, 0.15) is 0 Å². The van der Waals surface area contributed by atoms with Crippen LogP contribution in [0.25, 0.3) is 0 Å². The Morgan fingerprint density at radius 1 is 1.16 bits per heavy atom. The van der Waals surface area contributed by atoms with E-state index in [4.69, 9.17) is 4.84 Å². The second-order valence-corrected chi connectivity index (χ2v) is 5.15. The molecule has 1 atom stereocenters. The lowest BCUT2D eigenvalue weighted by atomic mass is 10.1. The molecule has 19 heavy (non-hydrogen) atoms. The molecule has 0 amide bonds. The smallest absolute Gasteiger partial charge is 0.208 e. The van der Waals surface area contributed by atoms with Gasteiger partial charge in [0.25, 0.3) is 0 Å². The van der Waals surface area contributed by atoms with Crippen molar-refractivity contribution in [2.45, 2.75) is 13.1 Å². The number of benzene rings is 1. The van der Waals surface area contributed by atoms with Crippen molar-refractivity contribution in [3.8, 4) is 0 Å². The van der Waals surface area contributed by atoms with E-state index in [0.29, 0.717) is 5.90 Å². The molecular weight excluding hydrogens is 240 g/mol. The SMILES string of the molecule is CC1=NC(c2ccc(N3CCN(C)CC3)cc2)NO1. The molecule has 1 unspecified atom stereocenters. The Kier molecular flexibility index (Phi) is 3.40. The highest BCUT2D eigenvalue weighted by Crippen LogP contribution is 2.23. The van der Waals surface area contributed by atoms with Gasteiger partial charge in [-0.1, -0.05) is 12.1 Å². The van der Waals surface area contributed by atoms with Gasteiger partial charge in [-0.25, -0.2) is 4.99 Å². The van der Waals surface area contributed by atoms with E-state index in [-0.39, 0.29) is 6.17 Å². The predicted octanol–water partition coefficient (Wildman–Crippen LogP) is 1.39. The molecule has 5 heteroatoms. The maximum Gasteiger partial charge on any atom is 0.208 e. The fourth-order valence-corrected chi connectivity index (χ4v) is 2.45. The van der Waals surface area contributed by atoms with E-state index in [1.807, 2.05) is 6.92 Å². The topological polar surface area (TPSA) is 40.1 Å². The van der Waals surface area contributed by atoms with E-state index in [1.165, 1.54) is 5.69 Å². The predicted molar refractivity (Wildman–Crippen MR) is 76.2 cm³/mol. The molecular formula is C14H20N4O. The van der Waals surface area contributed by atoms with Crippen LogP contribution < -0.4 is 10.4 Å². The molecule has 1 aromatic carbocycles. The summed E-state index contributed by atoms with van der Waals surface area (Å²) >= 11 is 0. The lowest BCUT2D eigenvalue weighted by Gasteiger charge is -2.34. The van der Waals surface area contributed by atoms with Crippen molar-refractivity contribution in [3.05, 3.63) is 29.8 Å². The van der Waals surface area contributed by atoms with Gasteiger partial charge in [-0.05, 0) is 24.7 Å². The lowest BCUT2D eigenvalue weighted by molar-refractivity contribution is 0.178. The zero-order valence-electron chi connectivity index (χ0n) is 11.5. The number of aliphatic imine (C=N–C) groups is 1. The van der Waals surface area contributed by atoms with Crippen LogP contribution in [0.5, 0.6) is 0 Å². The molecule has 0 saturated carbocycles. The van der Waals surface area contributed by atoms with Crippen molar-refractivity contribution in [1.82, 2.24) is 10.4 Å². The highest BCUT2D eigenvalue weighted by atomic mass is 16.7. The van der Waals surface area contributed by atoms with Crippen LogP contribution >= 0.6 is 0 Å². The van der Waals surface area contributed by atoms with Crippen LogP contribution in [0, 0.1) is 0 Å². The molecule has 0 aliphatic carbocycles. The second-order valence-electron chi connectivity index (χ2n) is 5.15. The number of anilines is 1. The quantitative estimate of drug-likeness (QED) is 0.872. The highest BCUT2D eigenvalue weighted by Gasteiger charge is 2.18. The van der Waals surface area contributed by atoms with Gasteiger partial charge in [-0.3, -0.25) is 0 Å². The Hall–Kier alpha value is -1.59. The largest absolute Gasteiger partial charge is 0.391 e. The third-order valence-electron chi connectivity index (χ3n) is 3.71. The minimum absolute atomic E-state index is 0.0680. The summed E-state index contributed by atoms with van der Waals surface area (Å²) in [4.78, 5) is 14.3. The van der Waals surface area contributed by atoms with E-state index in [9.17, 15) is 0 Å². The minimum Gasteiger partial charge on any atom is -0.391 e. The monoisotopic (exact) mass is 260 g/mol. The molecule has 2 aliphatic rings. The van der Waals surface area contributed by atoms with Crippen molar-refractivity contribution in [3.63, 3.8) is 0 Å². The van der Waals surface area contributed by atoms with Gasteiger partial charge < -0.3 is 14.6 Å². The van der Waals surface area contributed by atoms with E-state index < -0.39 is 0 Å². The Morgan fingerprint density at radius 3 is 2.42 bits per heavy atom. The van der Waals surface area contributed by atoms with Crippen LogP contribution in [0.2, 0.25) is 0 Å². The van der Waals surface area contributed by atoms with Gasteiger partial charge in [0.05, 0.1) is 0 Å². The summed E-state index contributed by atoms with van der Waals surface area (Å²) in [5, 5.41) is 0. The van der Waals surface area contributed by atoms with E-state index in [2.05, 4.69) is 51.6 Å². The number of hydrogen-bond acceptors (Lipinski definition) is 5. The molecule has 1 aromatic rings. The first-order valence-electron chi connectivity index (χ1n) is 6.72. The molecule has 2 heterocycles. The average Bonchev–Trinajstić information content (AvgIpc) is 2.87. The van der Waals surface area contributed by atoms with Crippen LogP contribution in [0.15, 0.2) is 29.3 Å². The molecule has 1 fully saturated rings. The van der Waals surface area contributed by atoms with Crippen molar-refractivity contribution in [2.24, 2.45) is 4.99 Å². The Bertz CT molecular complexity index is 463. The summed E-state index contributed by atoms with van der Waals surface area (Å²) in [7, 11) is 2.17. The van der Waals surface area contributed by atoms with Gasteiger partial charge >= 0.3 is 0 Å². The van der Waals surface area contributed by atoms with Crippen LogP contribution in [0.4, 0.5) is 5.69 Å².